The van der Waals surface area contributed by atoms with Crippen LogP contribution in [-0.2, 0) is 28.4 Å². The molecule has 0 N–H and O–H groups in total. The van der Waals surface area contributed by atoms with Gasteiger partial charge in [-0.2, -0.15) is 0 Å². The van der Waals surface area contributed by atoms with Gasteiger partial charge in [-0.25, -0.2) is 0 Å². The lowest BCUT2D eigenvalue weighted by Gasteiger charge is -2.36. The van der Waals surface area contributed by atoms with Gasteiger partial charge in [-0.3, -0.25) is 0 Å². The van der Waals surface area contributed by atoms with Crippen molar-refractivity contribution in [3.63, 3.8) is 0 Å². The number of fused-ring (bicyclic) bond motifs is 3. The molecule has 3 rings (SSSR count). The molecule has 5 atom stereocenters. The minimum atomic E-state index is -0.669. The van der Waals surface area contributed by atoms with Crippen molar-refractivity contribution < 1.29 is 28.4 Å². The van der Waals surface area contributed by atoms with E-state index in [0.29, 0.717) is 6.61 Å². The van der Waals surface area contributed by atoms with Crippen LogP contribution >= 0.6 is 0 Å². The summed E-state index contributed by atoms with van der Waals surface area (Å²) in [7, 11) is 1.64. The first-order chi connectivity index (χ1) is 8.81. The monoisotopic (exact) mass is 274 g/mol. The predicted molar refractivity (Wildman–Crippen MR) is 64.4 cm³/mol. The lowest BCUT2D eigenvalue weighted by atomic mass is 9.99. The highest BCUT2D eigenvalue weighted by Gasteiger charge is 2.60. The lowest BCUT2D eigenvalue weighted by molar-refractivity contribution is -0.241. The van der Waals surface area contributed by atoms with Gasteiger partial charge in [0, 0.05) is 7.11 Å². The summed E-state index contributed by atoms with van der Waals surface area (Å²) in [6, 6.07) is 0. The highest BCUT2D eigenvalue weighted by atomic mass is 16.9. The van der Waals surface area contributed by atoms with Crippen molar-refractivity contribution in [1.29, 1.82) is 0 Å². The van der Waals surface area contributed by atoms with Crippen molar-refractivity contribution in [2.75, 3.05) is 13.7 Å². The van der Waals surface area contributed by atoms with Crippen LogP contribution in [0.25, 0.3) is 0 Å². The molecule has 110 valence electrons. The molecule has 0 aromatic rings. The van der Waals surface area contributed by atoms with E-state index in [2.05, 4.69) is 0 Å². The van der Waals surface area contributed by atoms with E-state index in [4.69, 9.17) is 28.4 Å². The van der Waals surface area contributed by atoms with Gasteiger partial charge >= 0.3 is 0 Å². The molecular weight excluding hydrogens is 252 g/mol. The SMILES string of the molecule is COC[C@@H]1O[C@H]2OC(C)(C)O[C@@H]2[C@@H]2OC(C)(C)O[C@@H]21. The van der Waals surface area contributed by atoms with Crippen molar-refractivity contribution in [2.45, 2.75) is 70.0 Å². The summed E-state index contributed by atoms with van der Waals surface area (Å²) in [5.41, 5.74) is 0. The molecule has 0 aliphatic carbocycles. The van der Waals surface area contributed by atoms with Crippen LogP contribution in [0.2, 0.25) is 0 Å². The number of hydrogen-bond acceptors (Lipinski definition) is 6. The third-order valence-electron chi connectivity index (χ3n) is 3.58. The van der Waals surface area contributed by atoms with Gasteiger partial charge in [-0.1, -0.05) is 0 Å². The first-order valence-electron chi connectivity index (χ1n) is 6.67. The molecule has 19 heavy (non-hydrogen) atoms. The molecule has 0 spiro atoms. The molecular formula is C13H22O6. The molecule has 0 radical (unpaired) electrons. The normalized spacial score (nSPS) is 46.9. The molecule has 0 saturated carbocycles. The quantitative estimate of drug-likeness (QED) is 0.749. The highest BCUT2D eigenvalue weighted by Crippen LogP contribution is 2.43. The van der Waals surface area contributed by atoms with Crippen LogP contribution in [0.5, 0.6) is 0 Å². The molecule has 3 heterocycles. The first-order valence-corrected chi connectivity index (χ1v) is 6.67. The van der Waals surface area contributed by atoms with Crippen molar-refractivity contribution in [3.05, 3.63) is 0 Å². The molecule has 0 aromatic heterocycles. The van der Waals surface area contributed by atoms with Gasteiger partial charge in [0.1, 0.15) is 24.4 Å². The Morgan fingerprint density at radius 3 is 2.11 bits per heavy atom. The van der Waals surface area contributed by atoms with Gasteiger partial charge in [0.2, 0.25) is 0 Å². The smallest absolute Gasteiger partial charge is 0.190 e. The van der Waals surface area contributed by atoms with E-state index in [1.807, 2.05) is 27.7 Å². The first kappa shape index (κ1) is 13.7. The molecule has 3 fully saturated rings. The molecule has 6 nitrogen and oxygen atoms in total. The summed E-state index contributed by atoms with van der Waals surface area (Å²) in [5, 5.41) is 0. The number of hydrogen-bond donors (Lipinski definition) is 0. The Hall–Kier alpha value is -0.240. The van der Waals surface area contributed by atoms with E-state index >= 15 is 0 Å². The fourth-order valence-corrected chi connectivity index (χ4v) is 2.99. The minimum Gasteiger partial charge on any atom is -0.382 e. The number of methoxy groups -OCH3 is 1. The van der Waals surface area contributed by atoms with E-state index in [0.717, 1.165) is 0 Å². The van der Waals surface area contributed by atoms with E-state index < -0.39 is 17.9 Å². The lowest BCUT2D eigenvalue weighted by Crippen LogP contribution is -2.56. The zero-order valence-electron chi connectivity index (χ0n) is 12.0. The highest BCUT2D eigenvalue weighted by molar-refractivity contribution is 4.99. The Morgan fingerprint density at radius 1 is 0.842 bits per heavy atom. The van der Waals surface area contributed by atoms with Gasteiger partial charge < -0.3 is 28.4 Å². The Kier molecular flexibility index (Phi) is 3.16. The number of rotatable bonds is 2. The van der Waals surface area contributed by atoms with Crippen LogP contribution < -0.4 is 0 Å². The van der Waals surface area contributed by atoms with Crippen LogP contribution in [-0.4, -0.2) is 56.0 Å². The fourth-order valence-electron chi connectivity index (χ4n) is 2.99. The second-order valence-corrected chi connectivity index (χ2v) is 6.16. The third-order valence-corrected chi connectivity index (χ3v) is 3.58. The Balaban J connectivity index is 1.84. The molecule has 3 saturated heterocycles. The zero-order chi connectivity index (χ0) is 13.8. The molecule has 6 heteroatoms. The maximum atomic E-state index is 5.97. The van der Waals surface area contributed by atoms with Crippen LogP contribution in [0.1, 0.15) is 27.7 Å². The second kappa shape index (κ2) is 4.38. The van der Waals surface area contributed by atoms with Gasteiger partial charge in [0.05, 0.1) is 6.61 Å². The van der Waals surface area contributed by atoms with E-state index in [1.165, 1.54) is 0 Å². The van der Waals surface area contributed by atoms with Gasteiger partial charge in [-0.05, 0) is 27.7 Å². The van der Waals surface area contributed by atoms with Crippen molar-refractivity contribution >= 4 is 0 Å². The Labute approximate surface area is 113 Å². The van der Waals surface area contributed by atoms with E-state index in [-0.39, 0.29) is 24.4 Å². The van der Waals surface area contributed by atoms with Gasteiger partial charge in [0.15, 0.2) is 17.9 Å². The van der Waals surface area contributed by atoms with Crippen molar-refractivity contribution in [3.8, 4) is 0 Å². The summed E-state index contributed by atoms with van der Waals surface area (Å²) in [5.74, 6) is -1.31. The van der Waals surface area contributed by atoms with Gasteiger partial charge in [-0.15, -0.1) is 0 Å². The van der Waals surface area contributed by atoms with Gasteiger partial charge in [0.25, 0.3) is 0 Å². The molecule has 0 amide bonds. The Morgan fingerprint density at radius 2 is 1.42 bits per heavy atom. The number of ether oxygens (including phenoxy) is 6. The van der Waals surface area contributed by atoms with Crippen LogP contribution in [0.15, 0.2) is 0 Å². The molecule has 0 unspecified atom stereocenters. The summed E-state index contributed by atoms with van der Waals surface area (Å²) in [6.45, 7) is 7.97. The van der Waals surface area contributed by atoms with Crippen LogP contribution in [0.3, 0.4) is 0 Å². The summed E-state index contributed by atoms with van der Waals surface area (Å²) in [4.78, 5) is 0. The Bertz CT molecular complexity index is 355. The largest absolute Gasteiger partial charge is 0.382 e. The topological polar surface area (TPSA) is 55.4 Å². The maximum Gasteiger partial charge on any atom is 0.190 e. The van der Waals surface area contributed by atoms with Crippen molar-refractivity contribution in [2.24, 2.45) is 0 Å². The molecule has 0 bridgehead atoms. The molecule has 3 aliphatic heterocycles. The second-order valence-electron chi connectivity index (χ2n) is 6.16. The van der Waals surface area contributed by atoms with Crippen molar-refractivity contribution in [1.82, 2.24) is 0 Å². The fraction of sp³-hybridized carbons (Fsp3) is 1.00. The summed E-state index contributed by atoms with van der Waals surface area (Å²) < 4.78 is 34.7. The van der Waals surface area contributed by atoms with E-state index in [1.54, 1.807) is 7.11 Å². The zero-order valence-corrected chi connectivity index (χ0v) is 12.0. The summed E-state index contributed by atoms with van der Waals surface area (Å²) in [6.07, 6.45) is -1.32. The predicted octanol–water partition coefficient (Wildman–Crippen LogP) is 1.03. The third kappa shape index (κ3) is 2.41. The molecule has 0 aromatic carbocycles. The average molecular weight is 274 g/mol. The van der Waals surface area contributed by atoms with E-state index in [9.17, 15) is 0 Å². The average Bonchev–Trinajstić information content (AvgIpc) is 2.74. The summed E-state index contributed by atoms with van der Waals surface area (Å²) >= 11 is 0. The molecule has 3 aliphatic rings. The minimum absolute atomic E-state index is 0.198. The standard InChI is InChI=1S/C13H22O6/c1-12(2)16-8-7(6-14-5)15-11-10(9(8)17-12)18-13(3,4)19-11/h7-11H,6H2,1-5H3/t7-,8+,9+,10+,11-/m0/s1. The van der Waals surface area contributed by atoms with Crippen LogP contribution in [0, 0.1) is 0 Å². The maximum absolute atomic E-state index is 5.97. The van der Waals surface area contributed by atoms with Crippen LogP contribution in [0.4, 0.5) is 0 Å².